The van der Waals surface area contributed by atoms with Gasteiger partial charge in [-0.1, -0.05) is 46.3 Å². The average molecular weight is 336 g/mol. The van der Waals surface area contributed by atoms with Crippen molar-refractivity contribution in [3.8, 4) is 0 Å². The molecule has 2 aromatic rings. The zero-order valence-corrected chi connectivity index (χ0v) is 13.6. The Hall–Kier alpha value is -0.770. The van der Waals surface area contributed by atoms with Crippen molar-refractivity contribution in [2.24, 2.45) is 0 Å². The molecule has 100 valence electrons. The number of halogens is 1. The Morgan fingerprint density at radius 3 is 2.63 bits per heavy atom. The van der Waals surface area contributed by atoms with E-state index in [-0.39, 0.29) is 0 Å². The quantitative estimate of drug-likeness (QED) is 0.790. The van der Waals surface area contributed by atoms with E-state index in [9.17, 15) is 0 Å². The van der Waals surface area contributed by atoms with E-state index in [1.165, 1.54) is 21.6 Å². The van der Waals surface area contributed by atoms with Crippen LogP contribution in [0.2, 0.25) is 0 Å². The summed E-state index contributed by atoms with van der Waals surface area (Å²) < 4.78 is 1.14. The molecule has 3 heteroatoms. The molecule has 0 fully saturated rings. The fourth-order valence-corrected chi connectivity index (χ4v) is 3.61. The first-order chi connectivity index (χ1) is 9.20. The molecule has 2 rings (SSSR count). The summed E-state index contributed by atoms with van der Waals surface area (Å²) in [5.74, 6) is 1.01. The van der Waals surface area contributed by atoms with Crippen LogP contribution in [0.4, 0.5) is 0 Å². The van der Waals surface area contributed by atoms with Crippen LogP contribution >= 0.6 is 27.7 Å². The fourth-order valence-electron chi connectivity index (χ4n) is 1.93. The molecule has 0 amide bonds. The number of thioether (sulfide) groups is 1. The molecule has 0 saturated heterocycles. The van der Waals surface area contributed by atoms with Gasteiger partial charge in [-0.25, -0.2) is 0 Å². The molecule has 0 aromatic heterocycles. The van der Waals surface area contributed by atoms with E-state index in [0.717, 1.165) is 16.8 Å². The predicted molar refractivity (Wildman–Crippen MR) is 87.6 cm³/mol. The van der Waals surface area contributed by atoms with Gasteiger partial charge in [-0.15, -0.1) is 11.8 Å². The first-order valence-corrected chi connectivity index (χ1v) is 8.09. The first-order valence-electron chi connectivity index (χ1n) is 6.31. The van der Waals surface area contributed by atoms with E-state index in [0.29, 0.717) is 0 Å². The summed E-state index contributed by atoms with van der Waals surface area (Å²) in [6, 6.07) is 15.1. The van der Waals surface area contributed by atoms with Crippen molar-refractivity contribution in [2.45, 2.75) is 24.1 Å². The molecule has 0 heterocycles. The molecule has 0 bridgehead atoms. The summed E-state index contributed by atoms with van der Waals surface area (Å²) in [6.07, 6.45) is 0. The maximum absolute atomic E-state index is 3.55. The summed E-state index contributed by atoms with van der Waals surface area (Å²) in [7, 11) is 1.98. The van der Waals surface area contributed by atoms with E-state index in [4.69, 9.17) is 0 Å². The van der Waals surface area contributed by atoms with Crippen LogP contribution in [0.25, 0.3) is 0 Å². The second-order valence-electron chi connectivity index (χ2n) is 4.50. The monoisotopic (exact) mass is 335 g/mol. The Balaban J connectivity index is 2.14. The molecule has 0 saturated carbocycles. The molecule has 1 nitrogen and oxygen atoms in total. The molecule has 0 spiro atoms. The van der Waals surface area contributed by atoms with Crippen LogP contribution in [-0.4, -0.2) is 7.05 Å². The van der Waals surface area contributed by atoms with Crippen molar-refractivity contribution in [1.29, 1.82) is 0 Å². The number of rotatable bonds is 5. The Morgan fingerprint density at radius 2 is 1.89 bits per heavy atom. The molecule has 1 N–H and O–H groups in total. The van der Waals surface area contributed by atoms with Gasteiger partial charge in [-0.3, -0.25) is 0 Å². The molecule has 2 aromatic carbocycles. The van der Waals surface area contributed by atoms with Gasteiger partial charge in [0.25, 0.3) is 0 Å². The van der Waals surface area contributed by atoms with Gasteiger partial charge < -0.3 is 5.32 Å². The number of hydrogen-bond acceptors (Lipinski definition) is 2. The van der Waals surface area contributed by atoms with E-state index in [1.807, 2.05) is 18.8 Å². The van der Waals surface area contributed by atoms with Crippen molar-refractivity contribution in [3.05, 3.63) is 63.6 Å². The van der Waals surface area contributed by atoms with Gasteiger partial charge in [0.15, 0.2) is 0 Å². The third kappa shape index (κ3) is 4.10. The minimum Gasteiger partial charge on any atom is -0.316 e. The van der Waals surface area contributed by atoms with Crippen LogP contribution in [0, 0.1) is 6.92 Å². The Bertz CT molecular complexity index is 554. The van der Waals surface area contributed by atoms with Crippen molar-refractivity contribution in [2.75, 3.05) is 7.05 Å². The minimum atomic E-state index is 0.906. The molecule has 0 aliphatic carbocycles. The molecule has 0 aliphatic rings. The van der Waals surface area contributed by atoms with Gasteiger partial charge in [-0.2, -0.15) is 0 Å². The van der Waals surface area contributed by atoms with Crippen molar-refractivity contribution in [1.82, 2.24) is 5.32 Å². The third-order valence-corrected chi connectivity index (χ3v) is 4.68. The van der Waals surface area contributed by atoms with Gasteiger partial charge in [-0.05, 0) is 42.8 Å². The van der Waals surface area contributed by atoms with Crippen LogP contribution in [-0.2, 0) is 12.3 Å². The van der Waals surface area contributed by atoms with Gasteiger partial charge in [0.05, 0.1) is 0 Å². The van der Waals surface area contributed by atoms with E-state index in [2.05, 4.69) is 70.6 Å². The highest BCUT2D eigenvalue weighted by Gasteiger charge is 2.05. The van der Waals surface area contributed by atoms with Crippen LogP contribution in [0.3, 0.4) is 0 Å². The summed E-state index contributed by atoms with van der Waals surface area (Å²) in [4.78, 5) is 1.34. The van der Waals surface area contributed by atoms with Gasteiger partial charge >= 0.3 is 0 Å². The van der Waals surface area contributed by atoms with Gasteiger partial charge in [0, 0.05) is 21.7 Å². The third-order valence-electron chi connectivity index (χ3n) is 3.04. The van der Waals surface area contributed by atoms with E-state index >= 15 is 0 Å². The Kier molecular flexibility index (Phi) is 5.49. The van der Waals surface area contributed by atoms with Gasteiger partial charge in [0.1, 0.15) is 0 Å². The second kappa shape index (κ2) is 7.13. The summed E-state index contributed by atoms with van der Waals surface area (Å²) in [5.41, 5.74) is 4.12. The number of nitrogens with one attached hydrogen (secondary N) is 1. The Labute approximate surface area is 127 Å². The normalized spacial score (nSPS) is 10.7. The first kappa shape index (κ1) is 14.6. The number of hydrogen-bond donors (Lipinski definition) is 1. The predicted octanol–water partition coefficient (Wildman–Crippen LogP) is 4.77. The molecular formula is C16H18BrNS. The second-order valence-corrected chi connectivity index (χ2v) is 6.43. The molecule has 0 radical (unpaired) electrons. The number of benzene rings is 2. The SMILES string of the molecule is CNCc1ccc(Br)cc1SCc1ccccc1C. The van der Waals surface area contributed by atoms with Crippen LogP contribution in [0.5, 0.6) is 0 Å². The smallest absolute Gasteiger partial charge is 0.0234 e. The highest BCUT2D eigenvalue weighted by Crippen LogP contribution is 2.30. The van der Waals surface area contributed by atoms with Crippen LogP contribution < -0.4 is 5.32 Å². The highest BCUT2D eigenvalue weighted by atomic mass is 79.9. The van der Waals surface area contributed by atoms with Crippen molar-refractivity contribution >= 4 is 27.7 Å². The highest BCUT2D eigenvalue weighted by molar-refractivity contribution is 9.10. The largest absolute Gasteiger partial charge is 0.316 e. The maximum Gasteiger partial charge on any atom is 0.0234 e. The zero-order chi connectivity index (χ0) is 13.7. The lowest BCUT2D eigenvalue weighted by Gasteiger charge is -2.10. The molecule has 0 unspecified atom stereocenters. The van der Waals surface area contributed by atoms with Crippen molar-refractivity contribution < 1.29 is 0 Å². The number of aryl methyl sites for hydroxylation is 1. The average Bonchev–Trinajstić information content (AvgIpc) is 2.41. The van der Waals surface area contributed by atoms with Gasteiger partial charge in [0.2, 0.25) is 0 Å². The Morgan fingerprint density at radius 1 is 1.11 bits per heavy atom. The summed E-state index contributed by atoms with van der Waals surface area (Å²) >= 11 is 5.45. The lowest BCUT2D eigenvalue weighted by molar-refractivity contribution is 0.803. The van der Waals surface area contributed by atoms with Crippen LogP contribution in [0.15, 0.2) is 51.8 Å². The zero-order valence-electron chi connectivity index (χ0n) is 11.2. The lowest BCUT2D eigenvalue weighted by atomic mass is 10.1. The van der Waals surface area contributed by atoms with Crippen molar-refractivity contribution in [3.63, 3.8) is 0 Å². The fraction of sp³-hybridized carbons (Fsp3) is 0.250. The molecule has 0 atom stereocenters. The molecular weight excluding hydrogens is 318 g/mol. The minimum absolute atomic E-state index is 0.906. The molecule has 0 aliphatic heterocycles. The van der Waals surface area contributed by atoms with Crippen LogP contribution in [0.1, 0.15) is 16.7 Å². The maximum atomic E-state index is 3.55. The summed E-state index contributed by atoms with van der Waals surface area (Å²) in [5, 5.41) is 3.22. The standard InChI is InChI=1S/C16H18BrNS/c1-12-5-3-4-6-14(12)11-19-16-9-15(17)8-7-13(16)10-18-2/h3-9,18H,10-11H2,1-2H3. The molecule has 19 heavy (non-hydrogen) atoms. The van der Waals surface area contributed by atoms with E-state index < -0.39 is 0 Å². The summed E-state index contributed by atoms with van der Waals surface area (Å²) in [6.45, 7) is 3.08. The van der Waals surface area contributed by atoms with E-state index in [1.54, 1.807) is 0 Å². The topological polar surface area (TPSA) is 12.0 Å². The lowest BCUT2D eigenvalue weighted by Crippen LogP contribution is -2.06.